The van der Waals surface area contributed by atoms with E-state index >= 15 is 0 Å². The van der Waals surface area contributed by atoms with E-state index in [1.54, 1.807) is 19.1 Å². The number of nitrogens with zero attached hydrogens (tertiary/aromatic N) is 2. The summed E-state index contributed by atoms with van der Waals surface area (Å²) in [6, 6.07) is 4.90. The summed E-state index contributed by atoms with van der Waals surface area (Å²) < 4.78 is 5.45. The standard InChI is InChI=1S/C14H20N2O4/c1-10(17)11-4-5-12(13(8-11)16(18)19)15-6-7-20-9-14(15,2)3/h4-5,8,10,17H,6-7,9H2,1-3H3. The van der Waals surface area contributed by atoms with Crippen molar-refractivity contribution >= 4 is 11.4 Å². The third-order valence-electron chi connectivity index (χ3n) is 3.61. The topological polar surface area (TPSA) is 75.8 Å². The second-order valence-electron chi connectivity index (χ2n) is 5.70. The van der Waals surface area contributed by atoms with E-state index in [-0.39, 0.29) is 11.2 Å². The molecule has 20 heavy (non-hydrogen) atoms. The monoisotopic (exact) mass is 280 g/mol. The van der Waals surface area contributed by atoms with Crippen molar-refractivity contribution in [3.8, 4) is 0 Å². The number of benzene rings is 1. The van der Waals surface area contributed by atoms with Gasteiger partial charge in [0, 0.05) is 12.6 Å². The summed E-state index contributed by atoms with van der Waals surface area (Å²) in [5.74, 6) is 0. The second-order valence-corrected chi connectivity index (χ2v) is 5.70. The summed E-state index contributed by atoms with van der Waals surface area (Å²) in [7, 11) is 0. The SMILES string of the molecule is CC(O)c1ccc(N2CCOCC2(C)C)c([N+](=O)[O-])c1. The molecule has 6 heteroatoms. The van der Waals surface area contributed by atoms with Gasteiger partial charge in [-0.25, -0.2) is 0 Å². The molecule has 2 rings (SSSR count). The van der Waals surface area contributed by atoms with Crippen LogP contribution in [0.3, 0.4) is 0 Å². The van der Waals surface area contributed by atoms with Crippen molar-refractivity contribution in [2.75, 3.05) is 24.7 Å². The molecule has 1 unspecified atom stereocenters. The van der Waals surface area contributed by atoms with Gasteiger partial charge in [-0.3, -0.25) is 10.1 Å². The maximum atomic E-state index is 11.3. The summed E-state index contributed by atoms with van der Waals surface area (Å²) in [5, 5.41) is 20.9. The Labute approximate surface area is 118 Å². The van der Waals surface area contributed by atoms with Gasteiger partial charge in [-0.15, -0.1) is 0 Å². The normalized spacial score (nSPS) is 19.7. The predicted molar refractivity (Wildman–Crippen MR) is 76.0 cm³/mol. The largest absolute Gasteiger partial charge is 0.389 e. The van der Waals surface area contributed by atoms with E-state index in [0.717, 1.165) is 0 Å². The van der Waals surface area contributed by atoms with Crippen molar-refractivity contribution in [3.05, 3.63) is 33.9 Å². The summed E-state index contributed by atoms with van der Waals surface area (Å²) in [4.78, 5) is 12.9. The molecule has 0 amide bonds. The van der Waals surface area contributed by atoms with Gasteiger partial charge in [-0.05, 0) is 32.4 Å². The number of anilines is 1. The summed E-state index contributed by atoms with van der Waals surface area (Å²) >= 11 is 0. The van der Waals surface area contributed by atoms with Crippen molar-refractivity contribution in [1.29, 1.82) is 0 Å². The Kier molecular flexibility index (Phi) is 3.96. The first kappa shape index (κ1) is 14.7. The van der Waals surface area contributed by atoms with Crippen molar-refractivity contribution in [2.45, 2.75) is 32.4 Å². The smallest absolute Gasteiger partial charge is 0.292 e. The Balaban J connectivity index is 2.47. The van der Waals surface area contributed by atoms with Crippen LogP contribution in [0.5, 0.6) is 0 Å². The fourth-order valence-corrected chi connectivity index (χ4v) is 2.48. The minimum absolute atomic E-state index is 0.0263. The summed E-state index contributed by atoms with van der Waals surface area (Å²) in [5.41, 5.74) is 0.854. The third-order valence-corrected chi connectivity index (χ3v) is 3.61. The number of aliphatic hydroxyl groups is 1. The van der Waals surface area contributed by atoms with E-state index in [9.17, 15) is 15.2 Å². The molecule has 6 nitrogen and oxygen atoms in total. The Hall–Kier alpha value is -1.66. The van der Waals surface area contributed by atoms with E-state index in [2.05, 4.69) is 0 Å². The molecule has 1 aliphatic heterocycles. The molecule has 0 bridgehead atoms. The van der Waals surface area contributed by atoms with Gasteiger partial charge in [0.2, 0.25) is 0 Å². The molecule has 0 radical (unpaired) electrons. The molecule has 0 spiro atoms. The van der Waals surface area contributed by atoms with Crippen molar-refractivity contribution < 1.29 is 14.8 Å². The lowest BCUT2D eigenvalue weighted by Gasteiger charge is -2.43. The number of hydrogen-bond donors (Lipinski definition) is 1. The number of hydrogen-bond acceptors (Lipinski definition) is 5. The second kappa shape index (κ2) is 5.38. The van der Waals surface area contributed by atoms with Crippen molar-refractivity contribution in [3.63, 3.8) is 0 Å². The highest BCUT2D eigenvalue weighted by Gasteiger charge is 2.34. The van der Waals surface area contributed by atoms with Gasteiger partial charge in [0.05, 0.1) is 29.8 Å². The van der Waals surface area contributed by atoms with Gasteiger partial charge in [0.25, 0.3) is 5.69 Å². The molecule has 1 aliphatic rings. The highest BCUT2D eigenvalue weighted by atomic mass is 16.6. The molecule has 1 aromatic rings. The maximum absolute atomic E-state index is 11.3. The van der Waals surface area contributed by atoms with Crippen LogP contribution in [0.25, 0.3) is 0 Å². The lowest BCUT2D eigenvalue weighted by atomic mass is 9.99. The number of aliphatic hydroxyl groups excluding tert-OH is 1. The fraction of sp³-hybridized carbons (Fsp3) is 0.571. The summed E-state index contributed by atoms with van der Waals surface area (Å²) in [6.07, 6.45) is -0.722. The van der Waals surface area contributed by atoms with E-state index in [4.69, 9.17) is 4.74 Å². The molecule has 1 N–H and O–H groups in total. The van der Waals surface area contributed by atoms with Gasteiger partial charge < -0.3 is 14.7 Å². The van der Waals surface area contributed by atoms with Crippen LogP contribution >= 0.6 is 0 Å². The average molecular weight is 280 g/mol. The molecular formula is C14H20N2O4. The predicted octanol–water partition coefficient (Wildman–Crippen LogP) is 2.26. The zero-order valence-corrected chi connectivity index (χ0v) is 12.0. The van der Waals surface area contributed by atoms with Crippen LogP contribution < -0.4 is 4.90 Å². The van der Waals surface area contributed by atoms with Crippen LogP contribution in [0.2, 0.25) is 0 Å². The molecule has 110 valence electrons. The Morgan fingerprint density at radius 2 is 2.20 bits per heavy atom. The number of ether oxygens (including phenoxy) is 1. The van der Waals surface area contributed by atoms with Gasteiger partial charge in [0.1, 0.15) is 5.69 Å². The lowest BCUT2D eigenvalue weighted by molar-refractivity contribution is -0.384. The average Bonchev–Trinajstić information content (AvgIpc) is 2.37. The molecule has 1 fully saturated rings. The highest BCUT2D eigenvalue weighted by Crippen LogP contribution is 2.36. The molecule has 0 aromatic heterocycles. The first-order valence-electron chi connectivity index (χ1n) is 6.65. The molecule has 1 heterocycles. The van der Waals surface area contributed by atoms with E-state index in [1.807, 2.05) is 18.7 Å². The molecular weight excluding hydrogens is 260 g/mol. The minimum atomic E-state index is -0.722. The fourth-order valence-electron chi connectivity index (χ4n) is 2.48. The Morgan fingerprint density at radius 1 is 1.50 bits per heavy atom. The highest BCUT2D eigenvalue weighted by molar-refractivity contribution is 5.66. The number of rotatable bonds is 3. The van der Waals surface area contributed by atoms with E-state index < -0.39 is 11.0 Å². The molecule has 1 aromatic carbocycles. The zero-order chi connectivity index (χ0) is 14.9. The van der Waals surface area contributed by atoms with Crippen LogP contribution in [0.4, 0.5) is 11.4 Å². The van der Waals surface area contributed by atoms with Gasteiger partial charge in [-0.2, -0.15) is 0 Å². The third kappa shape index (κ3) is 2.76. The van der Waals surface area contributed by atoms with Crippen LogP contribution in [0, 0.1) is 10.1 Å². The minimum Gasteiger partial charge on any atom is -0.389 e. The van der Waals surface area contributed by atoms with Crippen LogP contribution in [-0.2, 0) is 4.74 Å². The molecule has 0 aliphatic carbocycles. The number of nitro groups is 1. The van der Waals surface area contributed by atoms with Gasteiger partial charge >= 0.3 is 0 Å². The van der Waals surface area contributed by atoms with Crippen LogP contribution in [-0.4, -0.2) is 35.3 Å². The van der Waals surface area contributed by atoms with Crippen molar-refractivity contribution in [2.24, 2.45) is 0 Å². The zero-order valence-electron chi connectivity index (χ0n) is 12.0. The Bertz CT molecular complexity index is 514. The number of morpholine rings is 1. The first-order valence-corrected chi connectivity index (χ1v) is 6.65. The maximum Gasteiger partial charge on any atom is 0.292 e. The van der Waals surface area contributed by atoms with E-state index in [0.29, 0.717) is 31.0 Å². The van der Waals surface area contributed by atoms with Crippen molar-refractivity contribution in [1.82, 2.24) is 0 Å². The first-order chi connectivity index (χ1) is 9.33. The van der Waals surface area contributed by atoms with E-state index in [1.165, 1.54) is 6.07 Å². The molecule has 0 saturated carbocycles. The molecule has 1 atom stereocenters. The van der Waals surface area contributed by atoms with Crippen LogP contribution in [0.1, 0.15) is 32.4 Å². The molecule has 1 saturated heterocycles. The van der Waals surface area contributed by atoms with Crippen LogP contribution in [0.15, 0.2) is 18.2 Å². The number of nitro benzene ring substituents is 1. The summed E-state index contributed by atoms with van der Waals surface area (Å²) in [6.45, 7) is 7.29. The van der Waals surface area contributed by atoms with Gasteiger partial charge in [0.15, 0.2) is 0 Å². The van der Waals surface area contributed by atoms with Gasteiger partial charge in [-0.1, -0.05) is 6.07 Å². The lowest BCUT2D eigenvalue weighted by Crippen LogP contribution is -2.53. The Morgan fingerprint density at radius 3 is 2.75 bits per heavy atom. The quantitative estimate of drug-likeness (QED) is 0.679.